The molecular formula is C17H18N2O3S. The number of carbonyl (C=O) groups excluding carboxylic acids is 2. The van der Waals surface area contributed by atoms with Gasteiger partial charge < -0.3 is 14.2 Å². The SMILES string of the molecule is Cc1ccc2c(c1)SCC(=O)N2CC(=O)N(C)Cc1ccoc1. The normalized spacial score (nSPS) is 13.8. The number of hydrogen-bond acceptors (Lipinski definition) is 4. The molecule has 2 aromatic rings. The molecule has 0 bridgehead atoms. The van der Waals surface area contributed by atoms with Gasteiger partial charge in [-0.05, 0) is 30.7 Å². The van der Waals surface area contributed by atoms with E-state index in [4.69, 9.17) is 4.42 Å². The first-order chi connectivity index (χ1) is 11.0. The Morgan fingerprint density at radius 2 is 2.22 bits per heavy atom. The molecule has 3 rings (SSSR count). The number of fused-ring (bicyclic) bond motifs is 1. The fourth-order valence-corrected chi connectivity index (χ4v) is 3.52. The van der Waals surface area contributed by atoms with Gasteiger partial charge >= 0.3 is 0 Å². The van der Waals surface area contributed by atoms with E-state index in [0.717, 1.165) is 21.7 Å². The monoisotopic (exact) mass is 330 g/mol. The fourth-order valence-electron chi connectivity index (χ4n) is 2.49. The molecule has 0 aliphatic carbocycles. The lowest BCUT2D eigenvalue weighted by atomic mass is 10.2. The fraction of sp³-hybridized carbons (Fsp3) is 0.294. The number of nitrogens with zero attached hydrogens (tertiary/aromatic N) is 2. The second kappa shape index (κ2) is 6.50. The Labute approximate surface area is 139 Å². The number of aryl methyl sites for hydroxylation is 1. The van der Waals surface area contributed by atoms with Crippen LogP contribution >= 0.6 is 11.8 Å². The molecule has 1 aliphatic heterocycles. The van der Waals surface area contributed by atoms with E-state index >= 15 is 0 Å². The van der Waals surface area contributed by atoms with E-state index < -0.39 is 0 Å². The van der Waals surface area contributed by atoms with Crippen molar-refractivity contribution >= 4 is 29.3 Å². The number of hydrogen-bond donors (Lipinski definition) is 0. The van der Waals surface area contributed by atoms with Crippen molar-refractivity contribution in [3.8, 4) is 0 Å². The molecule has 0 spiro atoms. The smallest absolute Gasteiger partial charge is 0.242 e. The predicted octanol–water partition coefficient (Wildman–Crippen LogP) is 2.69. The van der Waals surface area contributed by atoms with Crippen molar-refractivity contribution in [2.24, 2.45) is 0 Å². The number of rotatable bonds is 4. The molecule has 5 nitrogen and oxygen atoms in total. The summed E-state index contributed by atoms with van der Waals surface area (Å²) in [7, 11) is 1.73. The van der Waals surface area contributed by atoms with Gasteiger partial charge in [-0.1, -0.05) is 6.07 Å². The molecule has 0 unspecified atom stereocenters. The minimum absolute atomic E-state index is 0.0311. The van der Waals surface area contributed by atoms with Gasteiger partial charge in [0.15, 0.2) is 0 Å². The summed E-state index contributed by atoms with van der Waals surface area (Å²) in [6.45, 7) is 2.54. The molecule has 1 aromatic carbocycles. The highest BCUT2D eigenvalue weighted by molar-refractivity contribution is 8.00. The van der Waals surface area contributed by atoms with Crippen LogP contribution in [-0.2, 0) is 16.1 Å². The lowest BCUT2D eigenvalue weighted by molar-refractivity contribution is -0.130. The minimum atomic E-state index is -0.0991. The van der Waals surface area contributed by atoms with Crippen LogP contribution < -0.4 is 4.90 Å². The minimum Gasteiger partial charge on any atom is -0.472 e. The summed E-state index contributed by atoms with van der Waals surface area (Å²) in [6, 6.07) is 7.76. The molecule has 1 aromatic heterocycles. The Morgan fingerprint density at radius 3 is 2.96 bits per heavy atom. The van der Waals surface area contributed by atoms with Gasteiger partial charge in [-0.15, -0.1) is 11.8 Å². The molecule has 0 saturated carbocycles. The van der Waals surface area contributed by atoms with Crippen molar-refractivity contribution in [2.45, 2.75) is 18.4 Å². The van der Waals surface area contributed by atoms with Crippen LogP contribution in [0.4, 0.5) is 5.69 Å². The van der Waals surface area contributed by atoms with Gasteiger partial charge in [0.2, 0.25) is 11.8 Å². The van der Waals surface area contributed by atoms with E-state index in [1.165, 1.54) is 11.8 Å². The van der Waals surface area contributed by atoms with Gasteiger partial charge in [-0.2, -0.15) is 0 Å². The standard InChI is InChI=1S/C17H18N2O3S/c1-12-3-4-14-15(7-12)23-11-17(21)19(14)9-16(20)18(2)8-13-5-6-22-10-13/h3-7,10H,8-9,11H2,1-2H3. The summed E-state index contributed by atoms with van der Waals surface area (Å²) in [5.74, 6) is 0.240. The summed E-state index contributed by atoms with van der Waals surface area (Å²) in [5.41, 5.74) is 2.90. The average molecular weight is 330 g/mol. The Hall–Kier alpha value is -2.21. The van der Waals surface area contributed by atoms with Gasteiger partial charge in [0.1, 0.15) is 6.54 Å². The van der Waals surface area contributed by atoms with Crippen LogP contribution in [0.15, 0.2) is 46.1 Å². The van der Waals surface area contributed by atoms with Gasteiger partial charge in [-0.3, -0.25) is 9.59 Å². The van der Waals surface area contributed by atoms with Crippen molar-refractivity contribution in [1.82, 2.24) is 4.90 Å². The molecule has 0 fully saturated rings. The van der Waals surface area contributed by atoms with E-state index in [0.29, 0.717) is 12.3 Å². The van der Waals surface area contributed by atoms with Gasteiger partial charge in [-0.25, -0.2) is 0 Å². The predicted molar refractivity (Wildman–Crippen MR) is 89.4 cm³/mol. The van der Waals surface area contributed by atoms with E-state index in [-0.39, 0.29) is 18.4 Å². The number of anilines is 1. The molecule has 1 aliphatic rings. The van der Waals surface area contributed by atoms with Gasteiger partial charge in [0.25, 0.3) is 0 Å². The molecule has 23 heavy (non-hydrogen) atoms. The topological polar surface area (TPSA) is 53.8 Å². The molecule has 120 valence electrons. The van der Waals surface area contributed by atoms with E-state index in [2.05, 4.69) is 6.07 Å². The van der Waals surface area contributed by atoms with Crippen molar-refractivity contribution in [3.05, 3.63) is 47.9 Å². The van der Waals surface area contributed by atoms with Crippen LogP contribution in [0.3, 0.4) is 0 Å². The number of likely N-dealkylation sites (N-methyl/N-ethyl adjacent to an activating group) is 1. The number of amides is 2. The van der Waals surface area contributed by atoms with Gasteiger partial charge in [0, 0.05) is 24.1 Å². The Bertz CT molecular complexity index is 727. The number of thioether (sulfide) groups is 1. The molecule has 0 saturated heterocycles. The number of benzene rings is 1. The Kier molecular flexibility index (Phi) is 4.43. The van der Waals surface area contributed by atoms with Crippen LogP contribution in [0.5, 0.6) is 0 Å². The maximum atomic E-state index is 12.5. The zero-order valence-corrected chi connectivity index (χ0v) is 13.9. The van der Waals surface area contributed by atoms with Crippen LogP contribution in [0.2, 0.25) is 0 Å². The van der Waals surface area contributed by atoms with Crippen molar-refractivity contribution in [3.63, 3.8) is 0 Å². The third-order valence-electron chi connectivity index (χ3n) is 3.78. The highest BCUT2D eigenvalue weighted by Gasteiger charge is 2.27. The second-order valence-corrected chi connectivity index (χ2v) is 6.64. The molecule has 0 radical (unpaired) electrons. The first-order valence-corrected chi connectivity index (χ1v) is 8.32. The Balaban J connectivity index is 1.74. The largest absolute Gasteiger partial charge is 0.472 e. The maximum absolute atomic E-state index is 12.5. The van der Waals surface area contributed by atoms with Crippen molar-refractivity contribution in [1.29, 1.82) is 0 Å². The quantitative estimate of drug-likeness (QED) is 0.865. The maximum Gasteiger partial charge on any atom is 0.242 e. The summed E-state index contributed by atoms with van der Waals surface area (Å²) in [5, 5.41) is 0. The number of carbonyl (C=O) groups is 2. The average Bonchev–Trinajstić information content (AvgIpc) is 3.03. The van der Waals surface area contributed by atoms with Crippen molar-refractivity contribution in [2.75, 3.05) is 24.2 Å². The highest BCUT2D eigenvalue weighted by atomic mass is 32.2. The molecule has 2 heterocycles. The first-order valence-electron chi connectivity index (χ1n) is 7.33. The van der Waals surface area contributed by atoms with E-state index in [9.17, 15) is 9.59 Å². The van der Waals surface area contributed by atoms with E-state index in [1.807, 2.05) is 25.1 Å². The van der Waals surface area contributed by atoms with Crippen LogP contribution in [0.25, 0.3) is 0 Å². The van der Waals surface area contributed by atoms with Crippen LogP contribution in [0.1, 0.15) is 11.1 Å². The van der Waals surface area contributed by atoms with Crippen LogP contribution in [0, 0.1) is 6.92 Å². The molecule has 0 N–H and O–H groups in total. The Morgan fingerprint density at radius 1 is 1.39 bits per heavy atom. The lowest BCUT2D eigenvalue weighted by Gasteiger charge is -2.30. The molecule has 0 atom stereocenters. The van der Waals surface area contributed by atoms with Crippen molar-refractivity contribution < 1.29 is 14.0 Å². The van der Waals surface area contributed by atoms with E-state index in [1.54, 1.807) is 29.4 Å². The lowest BCUT2D eigenvalue weighted by Crippen LogP contribution is -2.43. The first kappa shape index (κ1) is 15.7. The highest BCUT2D eigenvalue weighted by Crippen LogP contribution is 2.35. The number of furan rings is 1. The summed E-state index contributed by atoms with van der Waals surface area (Å²) in [6.07, 6.45) is 3.20. The second-order valence-electron chi connectivity index (χ2n) is 5.62. The molecule has 6 heteroatoms. The molecule has 2 amide bonds. The van der Waals surface area contributed by atoms with Gasteiger partial charge in [0.05, 0.1) is 24.0 Å². The zero-order chi connectivity index (χ0) is 16.4. The third-order valence-corrected chi connectivity index (χ3v) is 4.81. The molecular weight excluding hydrogens is 312 g/mol. The summed E-state index contributed by atoms with van der Waals surface area (Å²) < 4.78 is 5.01. The summed E-state index contributed by atoms with van der Waals surface area (Å²) in [4.78, 5) is 28.9. The third kappa shape index (κ3) is 3.42. The summed E-state index contributed by atoms with van der Waals surface area (Å²) >= 11 is 1.53. The van der Waals surface area contributed by atoms with Crippen LogP contribution in [-0.4, -0.2) is 36.1 Å². The zero-order valence-electron chi connectivity index (χ0n) is 13.1.